The van der Waals surface area contributed by atoms with Crippen molar-refractivity contribution in [1.29, 1.82) is 0 Å². The maximum Gasteiger partial charge on any atom is 0.353 e. The second kappa shape index (κ2) is 2.80. The summed E-state index contributed by atoms with van der Waals surface area (Å²) in [6.07, 6.45) is 1.24. The molecule has 1 rings (SSSR count). The summed E-state index contributed by atoms with van der Waals surface area (Å²) < 4.78 is 4.95. The van der Waals surface area contributed by atoms with Crippen LogP contribution < -0.4 is 5.90 Å². The number of carbonyl (C=O) groups is 1. The molecular weight excluding hydrogens is 122 g/mol. The van der Waals surface area contributed by atoms with Crippen molar-refractivity contribution in [2.45, 2.75) is 18.9 Å². The van der Waals surface area contributed by atoms with Crippen molar-refractivity contribution in [2.24, 2.45) is 5.90 Å². The zero-order chi connectivity index (χ0) is 6.69. The molecule has 0 spiro atoms. The van der Waals surface area contributed by atoms with Crippen LogP contribution in [0.5, 0.6) is 0 Å². The Labute approximate surface area is 52.9 Å². The molecule has 9 heavy (non-hydrogen) atoms. The average Bonchev–Trinajstić information content (AvgIpc) is 2.37. The Kier molecular flexibility index (Phi) is 2.02. The minimum Gasteiger partial charge on any atom is -0.371 e. The second-order valence-electron chi connectivity index (χ2n) is 1.94. The molecular formula is C5H9NO3. The number of hydrogen-bond donors (Lipinski definition) is 1. The first-order valence-electron chi connectivity index (χ1n) is 2.87. The molecule has 4 nitrogen and oxygen atoms in total. The smallest absolute Gasteiger partial charge is 0.353 e. The minimum absolute atomic E-state index is 0.407. The Hall–Kier alpha value is -0.610. The molecule has 0 saturated carbocycles. The van der Waals surface area contributed by atoms with E-state index in [4.69, 9.17) is 4.74 Å². The molecule has 0 aliphatic carbocycles. The normalized spacial score (nSPS) is 26.1. The maximum atomic E-state index is 10.5. The molecule has 0 aromatic carbocycles. The Morgan fingerprint density at radius 2 is 2.56 bits per heavy atom. The first-order chi connectivity index (χ1) is 4.34. The van der Waals surface area contributed by atoms with Crippen LogP contribution in [-0.2, 0) is 14.4 Å². The van der Waals surface area contributed by atoms with Gasteiger partial charge in [-0.25, -0.2) is 4.79 Å². The molecule has 1 aliphatic heterocycles. The van der Waals surface area contributed by atoms with Crippen molar-refractivity contribution in [3.05, 3.63) is 0 Å². The summed E-state index contributed by atoms with van der Waals surface area (Å²) in [7, 11) is 0. The van der Waals surface area contributed by atoms with E-state index in [2.05, 4.69) is 10.7 Å². The van der Waals surface area contributed by atoms with Crippen LogP contribution in [-0.4, -0.2) is 18.7 Å². The van der Waals surface area contributed by atoms with Gasteiger partial charge in [0, 0.05) is 6.61 Å². The van der Waals surface area contributed by atoms with Gasteiger partial charge < -0.3 is 9.57 Å². The molecule has 0 aromatic rings. The zero-order valence-electron chi connectivity index (χ0n) is 5.00. The molecule has 0 radical (unpaired) electrons. The third kappa shape index (κ3) is 1.40. The topological polar surface area (TPSA) is 61.5 Å². The lowest BCUT2D eigenvalue weighted by Crippen LogP contribution is -2.24. The summed E-state index contributed by atoms with van der Waals surface area (Å²) in [5.74, 6) is 4.16. The van der Waals surface area contributed by atoms with Gasteiger partial charge in [0.1, 0.15) is 0 Å². The Morgan fingerprint density at radius 1 is 1.78 bits per heavy atom. The van der Waals surface area contributed by atoms with Crippen molar-refractivity contribution < 1.29 is 14.4 Å². The van der Waals surface area contributed by atoms with Crippen molar-refractivity contribution >= 4 is 5.97 Å². The Balaban J connectivity index is 2.32. The molecule has 1 heterocycles. The largest absolute Gasteiger partial charge is 0.371 e. The van der Waals surface area contributed by atoms with E-state index < -0.39 is 12.1 Å². The highest BCUT2D eigenvalue weighted by Crippen LogP contribution is 2.11. The fraction of sp³-hybridized carbons (Fsp3) is 0.800. The quantitative estimate of drug-likeness (QED) is 0.491. The van der Waals surface area contributed by atoms with Crippen LogP contribution in [0, 0.1) is 0 Å². The Morgan fingerprint density at radius 3 is 3.00 bits per heavy atom. The van der Waals surface area contributed by atoms with Gasteiger partial charge in [0.25, 0.3) is 0 Å². The van der Waals surface area contributed by atoms with Crippen LogP contribution in [0.25, 0.3) is 0 Å². The van der Waals surface area contributed by atoms with Crippen LogP contribution in [0.1, 0.15) is 12.8 Å². The average molecular weight is 131 g/mol. The van der Waals surface area contributed by atoms with Crippen molar-refractivity contribution in [2.75, 3.05) is 6.61 Å². The second-order valence-corrected chi connectivity index (χ2v) is 1.94. The fourth-order valence-corrected chi connectivity index (χ4v) is 0.839. The van der Waals surface area contributed by atoms with Crippen molar-refractivity contribution in [3.8, 4) is 0 Å². The lowest BCUT2D eigenvalue weighted by molar-refractivity contribution is -0.154. The molecule has 0 aromatic heterocycles. The van der Waals surface area contributed by atoms with Gasteiger partial charge in [-0.3, -0.25) is 0 Å². The highest BCUT2D eigenvalue weighted by molar-refractivity contribution is 5.74. The molecule has 1 fully saturated rings. The fourth-order valence-electron chi connectivity index (χ4n) is 0.839. The number of carbonyl (C=O) groups excluding carboxylic acids is 1. The number of nitrogens with two attached hydrogens (primary N) is 1. The van der Waals surface area contributed by atoms with E-state index in [1.165, 1.54) is 0 Å². The predicted octanol–water partition coefficient (Wildman–Crippen LogP) is -0.418. The highest BCUT2D eigenvalue weighted by Gasteiger charge is 2.24. The van der Waals surface area contributed by atoms with Gasteiger partial charge in [-0.1, -0.05) is 0 Å². The van der Waals surface area contributed by atoms with Gasteiger partial charge in [0.05, 0.1) is 0 Å². The first-order valence-corrected chi connectivity index (χ1v) is 2.87. The van der Waals surface area contributed by atoms with E-state index in [0.29, 0.717) is 6.61 Å². The Bertz CT molecular complexity index is 109. The van der Waals surface area contributed by atoms with Crippen LogP contribution >= 0.6 is 0 Å². The monoisotopic (exact) mass is 131 g/mol. The third-order valence-electron chi connectivity index (χ3n) is 1.31. The molecule has 2 N–H and O–H groups in total. The third-order valence-corrected chi connectivity index (χ3v) is 1.31. The van der Waals surface area contributed by atoms with Crippen LogP contribution in [0.4, 0.5) is 0 Å². The van der Waals surface area contributed by atoms with E-state index >= 15 is 0 Å². The van der Waals surface area contributed by atoms with Gasteiger partial charge in [-0.05, 0) is 12.8 Å². The molecule has 52 valence electrons. The summed E-state index contributed by atoms with van der Waals surface area (Å²) in [6, 6.07) is 0. The summed E-state index contributed by atoms with van der Waals surface area (Å²) in [5, 5.41) is 0. The van der Waals surface area contributed by atoms with E-state index in [9.17, 15) is 4.79 Å². The molecule has 1 unspecified atom stereocenters. The minimum atomic E-state index is -0.465. The molecule has 1 atom stereocenters. The van der Waals surface area contributed by atoms with Gasteiger partial charge in [0.2, 0.25) is 0 Å². The maximum absolute atomic E-state index is 10.5. The molecule has 0 bridgehead atoms. The molecule has 4 heteroatoms. The molecule has 1 saturated heterocycles. The SMILES string of the molecule is NOC(=O)C1CCCO1. The van der Waals surface area contributed by atoms with Crippen LogP contribution in [0.3, 0.4) is 0 Å². The summed E-state index contributed by atoms with van der Waals surface area (Å²) >= 11 is 0. The van der Waals surface area contributed by atoms with Gasteiger partial charge in [-0.2, -0.15) is 5.90 Å². The number of rotatable bonds is 1. The number of hydrogen-bond acceptors (Lipinski definition) is 4. The predicted molar refractivity (Wildman–Crippen MR) is 29.3 cm³/mol. The van der Waals surface area contributed by atoms with E-state index in [-0.39, 0.29) is 0 Å². The van der Waals surface area contributed by atoms with Gasteiger partial charge in [0.15, 0.2) is 6.10 Å². The first kappa shape index (κ1) is 6.51. The van der Waals surface area contributed by atoms with E-state index in [0.717, 1.165) is 12.8 Å². The summed E-state index contributed by atoms with van der Waals surface area (Å²) in [5.41, 5.74) is 0. The summed E-state index contributed by atoms with van der Waals surface area (Å²) in [6.45, 7) is 0.639. The van der Waals surface area contributed by atoms with Gasteiger partial charge in [-0.15, -0.1) is 0 Å². The summed E-state index contributed by atoms with van der Waals surface area (Å²) in [4.78, 5) is 14.5. The zero-order valence-corrected chi connectivity index (χ0v) is 5.00. The number of ether oxygens (including phenoxy) is 1. The standard InChI is InChI=1S/C5H9NO3/c6-9-5(7)4-2-1-3-8-4/h4H,1-3,6H2. The lowest BCUT2D eigenvalue weighted by Gasteiger charge is -2.03. The van der Waals surface area contributed by atoms with Crippen molar-refractivity contribution in [1.82, 2.24) is 0 Å². The van der Waals surface area contributed by atoms with Crippen molar-refractivity contribution in [3.63, 3.8) is 0 Å². The molecule has 1 aliphatic rings. The van der Waals surface area contributed by atoms with Crippen LogP contribution in [0.2, 0.25) is 0 Å². The van der Waals surface area contributed by atoms with Crippen LogP contribution in [0.15, 0.2) is 0 Å². The lowest BCUT2D eigenvalue weighted by atomic mass is 10.2. The molecule has 0 amide bonds. The van der Waals surface area contributed by atoms with E-state index in [1.54, 1.807) is 0 Å². The van der Waals surface area contributed by atoms with Gasteiger partial charge >= 0.3 is 5.97 Å². The highest BCUT2D eigenvalue weighted by atomic mass is 16.7. The van der Waals surface area contributed by atoms with E-state index in [1.807, 2.05) is 0 Å².